The van der Waals surface area contributed by atoms with E-state index in [2.05, 4.69) is 10.4 Å². The Kier molecular flexibility index (Phi) is 6.69. The highest BCUT2D eigenvalue weighted by Crippen LogP contribution is 2.23. The minimum Gasteiger partial charge on any atom is -0.497 e. The highest BCUT2D eigenvalue weighted by Gasteiger charge is 2.12. The van der Waals surface area contributed by atoms with Gasteiger partial charge in [0.2, 0.25) is 5.91 Å². The van der Waals surface area contributed by atoms with Gasteiger partial charge < -0.3 is 15.2 Å². The van der Waals surface area contributed by atoms with Gasteiger partial charge in [-0.3, -0.25) is 4.79 Å². The summed E-state index contributed by atoms with van der Waals surface area (Å²) in [6, 6.07) is 14.7. The Morgan fingerprint density at radius 3 is 2.76 bits per heavy atom. The Hall–Kier alpha value is -3.09. The van der Waals surface area contributed by atoms with Crippen LogP contribution in [0.5, 0.6) is 5.75 Å². The third-order valence-corrected chi connectivity index (χ3v) is 4.75. The van der Waals surface area contributed by atoms with Gasteiger partial charge in [0.1, 0.15) is 10.9 Å². The minimum absolute atomic E-state index is 0.0825. The molecule has 3 aromatic rings. The first-order valence-electron chi connectivity index (χ1n) is 9.05. The Labute approximate surface area is 174 Å². The second kappa shape index (κ2) is 9.41. The largest absolute Gasteiger partial charge is 0.497 e. The van der Waals surface area contributed by atoms with Crippen molar-refractivity contribution in [3.63, 3.8) is 0 Å². The molecule has 1 aromatic heterocycles. The van der Waals surface area contributed by atoms with Crippen molar-refractivity contribution in [1.82, 2.24) is 9.78 Å². The van der Waals surface area contributed by atoms with Crippen LogP contribution in [0.4, 0.5) is 5.69 Å². The van der Waals surface area contributed by atoms with Crippen LogP contribution in [0.1, 0.15) is 22.4 Å². The number of halogens is 1. The van der Waals surface area contributed by atoms with E-state index in [1.165, 1.54) is 6.08 Å². The van der Waals surface area contributed by atoms with Gasteiger partial charge in [-0.15, -0.1) is 0 Å². The third-order valence-electron chi connectivity index (χ3n) is 4.35. The molecule has 0 aliphatic heterocycles. The van der Waals surface area contributed by atoms with E-state index in [0.29, 0.717) is 22.9 Å². The number of hydrogen-bond acceptors (Lipinski definition) is 4. The van der Waals surface area contributed by atoms with Gasteiger partial charge in [0, 0.05) is 17.3 Å². The number of anilines is 1. The molecule has 0 aliphatic carbocycles. The first kappa shape index (κ1) is 20.6. The van der Waals surface area contributed by atoms with E-state index in [1.54, 1.807) is 42.1 Å². The first-order valence-corrected chi connectivity index (χ1v) is 9.42. The molecular formula is C22H22ClN3O3. The molecule has 2 aromatic carbocycles. The lowest BCUT2D eigenvalue weighted by Crippen LogP contribution is -2.08. The predicted molar refractivity (Wildman–Crippen MR) is 114 cm³/mol. The highest BCUT2D eigenvalue weighted by atomic mass is 35.5. The van der Waals surface area contributed by atoms with Crippen LogP contribution in [-0.4, -0.2) is 27.9 Å². The molecule has 0 spiro atoms. The fraction of sp³-hybridized carbons (Fsp3) is 0.182. The number of amides is 1. The van der Waals surface area contributed by atoms with Gasteiger partial charge >= 0.3 is 0 Å². The fourth-order valence-electron chi connectivity index (χ4n) is 2.90. The summed E-state index contributed by atoms with van der Waals surface area (Å²) in [4.78, 5) is 12.2. The number of aromatic nitrogens is 2. The van der Waals surface area contributed by atoms with Crippen LogP contribution in [0.3, 0.4) is 0 Å². The van der Waals surface area contributed by atoms with E-state index in [9.17, 15) is 9.90 Å². The van der Waals surface area contributed by atoms with Crippen molar-refractivity contribution < 1.29 is 14.6 Å². The van der Waals surface area contributed by atoms with Crippen molar-refractivity contribution in [2.75, 3.05) is 12.4 Å². The average Bonchev–Trinajstić information content (AvgIpc) is 2.99. The molecule has 2 N–H and O–H groups in total. The normalized spacial score (nSPS) is 11.0. The molecule has 150 valence electrons. The molecule has 0 fully saturated rings. The zero-order valence-electron chi connectivity index (χ0n) is 16.2. The lowest BCUT2D eigenvalue weighted by Gasteiger charge is -2.06. The molecule has 0 bridgehead atoms. The standard InChI is InChI=1S/C22H22ClN3O3/c1-15-20(9-10-21(28)24-18-7-3-6-17(11-18)14-27)22(23)26(25-15)13-16-5-4-8-19(12-16)29-2/h3-12,27H,13-14H2,1-2H3,(H,24,28)/b10-9+. The number of aryl methyl sites for hydroxylation is 1. The number of carbonyl (C=O) groups is 1. The number of rotatable bonds is 7. The molecule has 0 unspecified atom stereocenters. The maximum absolute atomic E-state index is 12.2. The van der Waals surface area contributed by atoms with Crippen LogP contribution in [0.25, 0.3) is 6.08 Å². The number of methoxy groups -OCH3 is 1. The predicted octanol–water partition coefficient (Wildman–Crippen LogP) is 4.05. The number of nitrogens with zero attached hydrogens (tertiary/aromatic N) is 2. The van der Waals surface area contributed by atoms with Gasteiger partial charge in [-0.05, 0) is 48.4 Å². The monoisotopic (exact) mass is 411 g/mol. The van der Waals surface area contributed by atoms with Gasteiger partial charge in [-0.2, -0.15) is 5.10 Å². The topological polar surface area (TPSA) is 76.4 Å². The number of nitrogens with one attached hydrogen (secondary N) is 1. The van der Waals surface area contributed by atoms with E-state index in [4.69, 9.17) is 16.3 Å². The van der Waals surface area contributed by atoms with Crippen molar-refractivity contribution in [2.45, 2.75) is 20.1 Å². The number of benzene rings is 2. The van der Waals surface area contributed by atoms with Gasteiger partial charge in [-0.1, -0.05) is 35.9 Å². The number of carbonyl (C=O) groups excluding carboxylic acids is 1. The molecule has 0 saturated heterocycles. The molecule has 1 amide bonds. The van der Waals surface area contributed by atoms with E-state index >= 15 is 0 Å². The molecular weight excluding hydrogens is 390 g/mol. The zero-order valence-corrected chi connectivity index (χ0v) is 17.0. The van der Waals surface area contributed by atoms with Crippen molar-refractivity contribution in [3.8, 4) is 5.75 Å². The van der Waals surface area contributed by atoms with Crippen molar-refractivity contribution in [3.05, 3.63) is 82.1 Å². The Morgan fingerprint density at radius 2 is 2.00 bits per heavy atom. The summed E-state index contributed by atoms with van der Waals surface area (Å²) in [5.74, 6) is 0.473. The maximum Gasteiger partial charge on any atom is 0.248 e. The van der Waals surface area contributed by atoms with Crippen LogP contribution in [0.15, 0.2) is 54.6 Å². The Morgan fingerprint density at radius 1 is 1.24 bits per heavy atom. The summed E-state index contributed by atoms with van der Waals surface area (Å²) in [6.07, 6.45) is 3.06. The number of ether oxygens (including phenoxy) is 1. The molecule has 3 rings (SSSR count). The van der Waals surface area contributed by atoms with Gasteiger partial charge in [-0.25, -0.2) is 4.68 Å². The van der Waals surface area contributed by atoms with Gasteiger partial charge in [0.05, 0.1) is 26.0 Å². The quantitative estimate of drug-likeness (QED) is 0.575. The lowest BCUT2D eigenvalue weighted by molar-refractivity contribution is -0.111. The zero-order chi connectivity index (χ0) is 20.8. The minimum atomic E-state index is -0.295. The van der Waals surface area contributed by atoms with E-state index in [0.717, 1.165) is 22.6 Å². The Bertz CT molecular complexity index is 1040. The SMILES string of the molecule is COc1cccc(Cn2nc(C)c(/C=C/C(=O)Nc3cccc(CO)c3)c2Cl)c1. The lowest BCUT2D eigenvalue weighted by atomic mass is 10.2. The van der Waals surface area contributed by atoms with Crippen LogP contribution in [0, 0.1) is 6.92 Å². The molecule has 1 heterocycles. The average molecular weight is 412 g/mol. The fourth-order valence-corrected chi connectivity index (χ4v) is 3.19. The van der Waals surface area contributed by atoms with E-state index in [1.807, 2.05) is 31.2 Å². The molecule has 0 saturated carbocycles. The van der Waals surface area contributed by atoms with Crippen LogP contribution >= 0.6 is 11.6 Å². The summed E-state index contributed by atoms with van der Waals surface area (Å²) in [5.41, 5.74) is 3.76. The molecule has 6 nitrogen and oxygen atoms in total. The second-order valence-electron chi connectivity index (χ2n) is 6.48. The summed E-state index contributed by atoms with van der Waals surface area (Å²) in [5, 5.41) is 16.9. The molecule has 0 atom stereocenters. The van der Waals surface area contributed by atoms with Crippen LogP contribution in [0.2, 0.25) is 5.15 Å². The summed E-state index contributed by atoms with van der Waals surface area (Å²) < 4.78 is 6.94. The van der Waals surface area contributed by atoms with Gasteiger partial charge in [0.25, 0.3) is 0 Å². The molecule has 0 radical (unpaired) electrons. The first-order chi connectivity index (χ1) is 14.0. The van der Waals surface area contributed by atoms with Crippen LogP contribution < -0.4 is 10.1 Å². The molecule has 0 aliphatic rings. The summed E-state index contributed by atoms with van der Waals surface area (Å²) >= 11 is 6.49. The number of aliphatic hydroxyl groups excluding tert-OH is 1. The highest BCUT2D eigenvalue weighted by molar-refractivity contribution is 6.31. The number of aliphatic hydroxyl groups is 1. The molecule has 7 heteroatoms. The third kappa shape index (κ3) is 5.25. The number of hydrogen-bond donors (Lipinski definition) is 2. The molecule has 29 heavy (non-hydrogen) atoms. The van der Waals surface area contributed by atoms with Gasteiger partial charge in [0.15, 0.2) is 0 Å². The summed E-state index contributed by atoms with van der Waals surface area (Å²) in [6.45, 7) is 2.25. The smallest absolute Gasteiger partial charge is 0.248 e. The van der Waals surface area contributed by atoms with Crippen molar-refractivity contribution >= 4 is 29.3 Å². The summed E-state index contributed by atoms with van der Waals surface area (Å²) in [7, 11) is 1.62. The van der Waals surface area contributed by atoms with E-state index in [-0.39, 0.29) is 12.5 Å². The second-order valence-corrected chi connectivity index (χ2v) is 6.84. The van der Waals surface area contributed by atoms with Crippen LogP contribution in [-0.2, 0) is 17.9 Å². The maximum atomic E-state index is 12.2. The van der Waals surface area contributed by atoms with E-state index < -0.39 is 0 Å². The van der Waals surface area contributed by atoms with Crippen molar-refractivity contribution in [2.24, 2.45) is 0 Å². The van der Waals surface area contributed by atoms with Crippen molar-refractivity contribution in [1.29, 1.82) is 0 Å². The Balaban J connectivity index is 1.72.